The van der Waals surface area contributed by atoms with Crippen molar-refractivity contribution in [1.29, 1.82) is 0 Å². The van der Waals surface area contributed by atoms with Crippen molar-refractivity contribution in [3.05, 3.63) is 36.5 Å². The molecule has 0 aliphatic carbocycles. The van der Waals surface area contributed by atoms with E-state index in [1.54, 1.807) is 0 Å². The van der Waals surface area contributed by atoms with Gasteiger partial charge in [-0.05, 0) is 70.6 Å². The minimum atomic E-state index is -4.75. The summed E-state index contributed by atoms with van der Waals surface area (Å²) >= 11 is 0. The number of allylic oxidation sites excluding steroid dienone is 6. The number of ether oxygens (including phenoxy) is 2. The number of esters is 2. The molecule has 0 aromatic heterocycles. The molecule has 0 aromatic rings. The van der Waals surface area contributed by atoms with Gasteiger partial charge in [0, 0.05) is 12.8 Å². The van der Waals surface area contributed by atoms with Gasteiger partial charge in [-0.25, -0.2) is 4.57 Å². The van der Waals surface area contributed by atoms with E-state index in [1.165, 1.54) is 89.9 Å². The number of phosphoric ester groups is 1. The normalized spacial score (nSPS) is 12.8. The third-order valence-corrected chi connectivity index (χ3v) is 9.12. The van der Waals surface area contributed by atoms with Crippen LogP contribution in [0.4, 0.5) is 0 Å². The van der Waals surface area contributed by atoms with Crippen LogP contribution >= 0.6 is 7.82 Å². The Bertz CT molecular complexity index is 910. The van der Waals surface area contributed by atoms with E-state index >= 15 is 0 Å². The van der Waals surface area contributed by atoms with Crippen LogP contribution in [0.3, 0.4) is 0 Å². The summed E-state index contributed by atoms with van der Waals surface area (Å²) in [6, 6.07) is 0. The van der Waals surface area contributed by atoms with Crippen molar-refractivity contribution < 1.29 is 37.9 Å². The molecule has 2 N–H and O–H groups in total. The Hall–Kier alpha value is -1.73. The van der Waals surface area contributed by atoms with Gasteiger partial charge >= 0.3 is 19.8 Å². The van der Waals surface area contributed by atoms with Gasteiger partial charge in [-0.2, -0.15) is 0 Å². The van der Waals surface area contributed by atoms with Crippen molar-refractivity contribution in [3.63, 3.8) is 0 Å². The molecular weight excluding hydrogens is 651 g/mol. The SMILES string of the molecule is CCCCC/C=C/C/C=C/CCCCCCCCCCCC(=O)OC[C@H](COP(=O)(O)O)OC(=O)CCCCCCC/C=C/CCCCCC. The third-order valence-electron chi connectivity index (χ3n) is 8.63. The fourth-order valence-electron chi connectivity index (χ4n) is 5.57. The van der Waals surface area contributed by atoms with Crippen LogP contribution in [0.2, 0.25) is 0 Å². The fraction of sp³-hybridized carbons (Fsp3) is 0.805. The van der Waals surface area contributed by atoms with E-state index in [0.717, 1.165) is 70.6 Å². The average Bonchev–Trinajstić information content (AvgIpc) is 3.08. The Kier molecular flexibility index (Phi) is 35.8. The minimum absolute atomic E-state index is 0.201. The van der Waals surface area contributed by atoms with E-state index in [2.05, 4.69) is 54.8 Å². The van der Waals surface area contributed by atoms with Crippen LogP contribution in [-0.2, 0) is 28.2 Å². The molecule has 0 radical (unpaired) electrons. The molecule has 0 aliphatic rings. The lowest BCUT2D eigenvalue weighted by atomic mass is 10.1. The van der Waals surface area contributed by atoms with Gasteiger partial charge in [0.15, 0.2) is 6.10 Å². The van der Waals surface area contributed by atoms with Crippen LogP contribution in [0.5, 0.6) is 0 Å². The highest BCUT2D eigenvalue weighted by Gasteiger charge is 2.22. The topological polar surface area (TPSA) is 119 Å². The van der Waals surface area contributed by atoms with Crippen LogP contribution in [0.25, 0.3) is 0 Å². The third kappa shape index (κ3) is 39.1. The van der Waals surface area contributed by atoms with E-state index in [1.807, 2.05) is 0 Å². The second-order valence-corrected chi connectivity index (χ2v) is 14.8. The van der Waals surface area contributed by atoms with Crippen LogP contribution in [0.1, 0.15) is 194 Å². The van der Waals surface area contributed by atoms with Gasteiger partial charge in [0.05, 0.1) is 6.61 Å². The van der Waals surface area contributed by atoms with E-state index in [0.29, 0.717) is 6.42 Å². The molecule has 50 heavy (non-hydrogen) atoms. The standard InChI is InChI=1S/C41H75O8P/c1-3-5-7-9-11-13-15-17-18-19-20-21-22-24-25-27-29-31-33-35-40(42)47-37-39(38-48-50(44,45)46)49-41(43)36-34-32-30-28-26-23-16-14-12-10-8-6-4-2/h11,13-14,16-18,39H,3-10,12,15,19-38H2,1-2H3,(H2,44,45,46)/b13-11+,16-14+,18-17+/t39-/m1/s1. The lowest BCUT2D eigenvalue weighted by Crippen LogP contribution is -2.29. The largest absolute Gasteiger partial charge is 0.469 e. The minimum Gasteiger partial charge on any atom is -0.462 e. The first-order valence-corrected chi connectivity index (χ1v) is 21.8. The number of unbranched alkanes of at least 4 members (excludes halogenated alkanes) is 21. The molecule has 0 bridgehead atoms. The molecule has 8 nitrogen and oxygen atoms in total. The number of rotatable bonds is 37. The lowest BCUT2D eigenvalue weighted by Gasteiger charge is -2.18. The van der Waals surface area contributed by atoms with E-state index < -0.39 is 32.5 Å². The Morgan fingerprint density at radius 2 is 0.900 bits per heavy atom. The van der Waals surface area contributed by atoms with E-state index in [4.69, 9.17) is 19.3 Å². The molecule has 0 saturated heterocycles. The van der Waals surface area contributed by atoms with Gasteiger partial charge in [0.2, 0.25) is 0 Å². The summed E-state index contributed by atoms with van der Waals surface area (Å²) < 4.78 is 26.3. The summed E-state index contributed by atoms with van der Waals surface area (Å²) in [6.45, 7) is 3.63. The van der Waals surface area contributed by atoms with Crippen molar-refractivity contribution in [2.45, 2.75) is 200 Å². The van der Waals surface area contributed by atoms with Gasteiger partial charge in [0.1, 0.15) is 6.61 Å². The summed E-state index contributed by atoms with van der Waals surface area (Å²) in [4.78, 5) is 42.8. The number of hydrogen-bond donors (Lipinski definition) is 2. The molecule has 0 rings (SSSR count). The number of carbonyl (C=O) groups excluding carboxylic acids is 2. The van der Waals surface area contributed by atoms with Gasteiger partial charge in [-0.15, -0.1) is 0 Å². The van der Waals surface area contributed by atoms with Gasteiger partial charge in [-0.1, -0.05) is 147 Å². The van der Waals surface area contributed by atoms with E-state index in [9.17, 15) is 14.2 Å². The predicted molar refractivity (Wildman–Crippen MR) is 207 cm³/mol. The summed E-state index contributed by atoms with van der Waals surface area (Å²) in [5.41, 5.74) is 0. The smallest absolute Gasteiger partial charge is 0.462 e. The fourth-order valence-corrected chi connectivity index (χ4v) is 5.93. The van der Waals surface area contributed by atoms with Crippen molar-refractivity contribution in [2.75, 3.05) is 13.2 Å². The van der Waals surface area contributed by atoms with E-state index in [-0.39, 0.29) is 19.4 Å². The second-order valence-electron chi connectivity index (χ2n) is 13.6. The van der Waals surface area contributed by atoms with Crippen LogP contribution < -0.4 is 0 Å². The number of carbonyl (C=O) groups is 2. The molecule has 292 valence electrons. The predicted octanol–water partition coefficient (Wildman–Crippen LogP) is 12.2. The molecule has 0 amide bonds. The lowest BCUT2D eigenvalue weighted by molar-refractivity contribution is -0.161. The Morgan fingerprint density at radius 1 is 0.520 bits per heavy atom. The molecular formula is C41H75O8P. The highest BCUT2D eigenvalue weighted by atomic mass is 31.2. The maximum Gasteiger partial charge on any atom is 0.469 e. The molecule has 9 heteroatoms. The molecule has 0 aliphatic heterocycles. The van der Waals surface area contributed by atoms with Crippen molar-refractivity contribution in [3.8, 4) is 0 Å². The maximum atomic E-state index is 12.4. The molecule has 0 saturated carbocycles. The summed E-state index contributed by atoms with van der Waals surface area (Å²) in [5.74, 6) is -0.898. The molecule has 1 atom stereocenters. The first-order valence-electron chi connectivity index (χ1n) is 20.3. The summed E-state index contributed by atoms with van der Waals surface area (Å²) in [5, 5.41) is 0. The van der Waals surface area contributed by atoms with Gasteiger partial charge < -0.3 is 19.3 Å². The molecule has 0 unspecified atom stereocenters. The van der Waals surface area contributed by atoms with Crippen molar-refractivity contribution in [2.24, 2.45) is 0 Å². The van der Waals surface area contributed by atoms with Crippen LogP contribution in [0, 0.1) is 0 Å². The zero-order valence-corrected chi connectivity index (χ0v) is 32.9. The Morgan fingerprint density at radius 3 is 1.38 bits per heavy atom. The van der Waals surface area contributed by atoms with Crippen LogP contribution in [0.15, 0.2) is 36.5 Å². The zero-order valence-electron chi connectivity index (χ0n) is 32.0. The average molecular weight is 727 g/mol. The monoisotopic (exact) mass is 727 g/mol. The zero-order chi connectivity index (χ0) is 36.8. The second kappa shape index (κ2) is 37.0. The molecule has 0 spiro atoms. The van der Waals surface area contributed by atoms with Gasteiger partial charge in [-0.3, -0.25) is 14.1 Å². The first-order chi connectivity index (χ1) is 24.3. The molecule has 0 aromatic carbocycles. The Labute approximate surface area is 306 Å². The summed E-state index contributed by atoms with van der Waals surface area (Å²) in [7, 11) is -4.75. The van der Waals surface area contributed by atoms with Crippen molar-refractivity contribution in [1.82, 2.24) is 0 Å². The van der Waals surface area contributed by atoms with Gasteiger partial charge in [0.25, 0.3) is 0 Å². The number of hydrogen-bond acceptors (Lipinski definition) is 6. The number of phosphoric acid groups is 1. The highest BCUT2D eigenvalue weighted by molar-refractivity contribution is 7.46. The quantitative estimate of drug-likeness (QED) is 0.0281. The maximum absolute atomic E-state index is 12.4. The Balaban J connectivity index is 3.92. The molecule has 0 heterocycles. The highest BCUT2D eigenvalue weighted by Crippen LogP contribution is 2.36. The molecule has 0 fully saturated rings. The summed E-state index contributed by atoms with van der Waals surface area (Å²) in [6.07, 6.45) is 42.9. The first kappa shape index (κ1) is 48.3. The van der Waals surface area contributed by atoms with Crippen molar-refractivity contribution >= 4 is 19.8 Å². The van der Waals surface area contributed by atoms with Crippen LogP contribution in [-0.4, -0.2) is 41.0 Å².